The van der Waals surface area contributed by atoms with E-state index in [2.05, 4.69) is 15.5 Å². The van der Waals surface area contributed by atoms with Crippen LogP contribution in [0.25, 0.3) is 0 Å². The van der Waals surface area contributed by atoms with Gasteiger partial charge in [-0.05, 0) is 12.1 Å². The lowest BCUT2D eigenvalue weighted by Crippen LogP contribution is -2.24. The summed E-state index contributed by atoms with van der Waals surface area (Å²) in [4.78, 5) is 12.4. The molecular weight excluding hydrogens is 320 g/mol. The number of sulfonamides is 1. The van der Waals surface area contributed by atoms with Crippen LogP contribution in [0.3, 0.4) is 0 Å². The van der Waals surface area contributed by atoms with Crippen molar-refractivity contribution in [2.24, 2.45) is 0 Å². The van der Waals surface area contributed by atoms with E-state index >= 15 is 0 Å². The van der Waals surface area contributed by atoms with Crippen LogP contribution >= 0.6 is 0 Å². The van der Waals surface area contributed by atoms with Crippen LogP contribution in [0, 0.1) is 0 Å². The number of H-pyrrole nitrogens is 1. The molecule has 0 saturated carbocycles. The largest absolute Gasteiger partial charge is 0.496 e. The van der Waals surface area contributed by atoms with E-state index in [-0.39, 0.29) is 19.0 Å². The summed E-state index contributed by atoms with van der Waals surface area (Å²) in [7, 11) is -1.81. The molecule has 0 bridgehead atoms. The molecule has 2 aromatic rings. The van der Waals surface area contributed by atoms with Gasteiger partial charge in [0.1, 0.15) is 5.75 Å². The molecule has 23 heavy (non-hydrogen) atoms. The Morgan fingerprint density at radius 2 is 2.09 bits per heavy atom. The Labute approximate surface area is 133 Å². The fourth-order valence-corrected chi connectivity index (χ4v) is 3.18. The number of para-hydroxylation sites is 1. The van der Waals surface area contributed by atoms with Gasteiger partial charge < -0.3 is 10.1 Å². The molecule has 8 nitrogen and oxygen atoms in total. The van der Waals surface area contributed by atoms with Gasteiger partial charge in [0, 0.05) is 12.1 Å². The standard InChI is InChI=1S/C14H16N4O4S/c1-22-12-6-4-3-5-9(12)14(19)15-13-10-7-18(23(2,20)21)8-11(10)16-17-13/h3-6H,7-8H2,1-2H3,(H2,15,16,17,19). The molecule has 2 heterocycles. The molecule has 0 unspecified atom stereocenters. The molecule has 1 aromatic heterocycles. The highest BCUT2D eigenvalue weighted by molar-refractivity contribution is 7.88. The van der Waals surface area contributed by atoms with Crippen LogP contribution in [0.15, 0.2) is 24.3 Å². The predicted molar refractivity (Wildman–Crippen MR) is 83.6 cm³/mol. The minimum atomic E-state index is -3.30. The van der Waals surface area contributed by atoms with Crippen molar-refractivity contribution in [1.29, 1.82) is 0 Å². The van der Waals surface area contributed by atoms with E-state index in [1.807, 2.05) is 0 Å². The third-order valence-electron chi connectivity index (χ3n) is 3.67. The molecule has 0 atom stereocenters. The molecule has 1 aliphatic heterocycles. The fraction of sp³-hybridized carbons (Fsp3) is 0.286. The predicted octanol–water partition coefficient (Wildman–Crippen LogP) is 0.946. The number of rotatable bonds is 4. The normalized spacial score (nSPS) is 14.5. The Hall–Kier alpha value is -2.39. The van der Waals surface area contributed by atoms with E-state index in [1.54, 1.807) is 24.3 Å². The summed E-state index contributed by atoms with van der Waals surface area (Å²) >= 11 is 0. The van der Waals surface area contributed by atoms with Crippen molar-refractivity contribution in [3.8, 4) is 5.75 Å². The molecule has 1 aliphatic rings. The lowest BCUT2D eigenvalue weighted by Gasteiger charge is -2.12. The minimum Gasteiger partial charge on any atom is -0.496 e. The zero-order chi connectivity index (χ0) is 16.6. The van der Waals surface area contributed by atoms with Crippen LogP contribution in [-0.4, -0.2) is 42.2 Å². The van der Waals surface area contributed by atoms with E-state index in [0.717, 1.165) is 6.26 Å². The molecule has 9 heteroatoms. The zero-order valence-electron chi connectivity index (χ0n) is 12.7. The number of ether oxygens (including phenoxy) is 1. The van der Waals surface area contributed by atoms with Crippen LogP contribution in [0.4, 0.5) is 5.82 Å². The number of aromatic nitrogens is 2. The number of hydrogen-bond donors (Lipinski definition) is 2. The van der Waals surface area contributed by atoms with Crippen LogP contribution in [0.1, 0.15) is 21.6 Å². The summed E-state index contributed by atoms with van der Waals surface area (Å²) < 4.78 is 29.7. The van der Waals surface area contributed by atoms with Crippen molar-refractivity contribution in [3.63, 3.8) is 0 Å². The third kappa shape index (κ3) is 2.92. The quantitative estimate of drug-likeness (QED) is 0.865. The number of carbonyl (C=O) groups excluding carboxylic acids is 1. The number of nitrogens with zero attached hydrogens (tertiary/aromatic N) is 2. The van der Waals surface area contributed by atoms with Gasteiger partial charge in [-0.15, -0.1) is 0 Å². The van der Waals surface area contributed by atoms with Crippen LogP contribution in [-0.2, 0) is 23.1 Å². The molecule has 1 amide bonds. The summed E-state index contributed by atoms with van der Waals surface area (Å²) in [5.41, 5.74) is 1.74. The first-order valence-corrected chi connectivity index (χ1v) is 8.70. The van der Waals surface area contributed by atoms with E-state index in [4.69, 9.17) is 4.74 Å². The Balaban J connectivity index is 1.83. The lowest BCUT2D eigenvalue weighted by atomic mass is 10.2. The molecule has 122 valence electrons. The maximum atomic E-state index is 12.4. The molecule has 0 fully saturated rings. The van der Waals surface area contributed by atoms with Gasteiger partial charge in [-0.1, -0.05) is 12.1 Å². The molecule has 2 N–H and O–H groups in total. The Kier molecular flexibility index (Phi) is 3.82. The number of methoxy groups -OCH3 is 1. The van der Waals surface area contributed by atoms with Gasteiger partial charge in [-0.25, -0.2) is 8.42 Å². The van der Waals surface area contributed by atoms with Crippen LogP contribution in [0.5, 0.6) is 5.75 Å². The molecule has 3 rings (SSSR count). The maximum Gasteiger partial charge on any atom is 0.260 e. The van der Waals surface area contributed by atoms with Crippen molar-refractivity contribution >= 4 is 21.7 Å². The summed E-state index contributed by atoms with van der Waals surface area (Å²) in [6, 6.07) is 6.84. The number of amides is 1. The smallest absolute Gasteiger partial charge is 0.260 e. The van der Waals surface area contributed by atoms with Crippen molar-refractivity contribution in [3.05, 3.63) is 41.1 Å². The molecule has 1 aromatic carbocycles. The van der Waals surface area contributed by atoms with Crippen LogP contribution < -0.4 is 10.1 Å². The third-order valence-corrected chi connectivity index (χ3v) is 4.87. The Morgan fingerprint density at radius 3 is 2.78 bits per heavy atom. The highest BCUT2D eigenvalue weighted by Crippen LogP contribution is 2.29. The fourth-order valence-electron chi connectivity index (χ4n) is 2.46. The molecule has 0 saturated heterocycles. The first-order chi connectivity index (χ1) is 10.9. The second kappa shape index (κ2) is 5.67. The zero-order valence-corrected chi connectivity index (χ0v) is 13.5. The number of benzene rings is 1. The van der Waals surface area contributed by atoms with Gasteiger partial charge in [-0.3, -0.25) is 9.89 Å². The number of carbonyl (C=O) groups is 1. The molecular formula is C14H16N4O4S. The van der Waals surface area contributed by atoms with Gasteiger partial charge in [0.15, 0.2) is 5.82 Å². The van der Waals surface area contributed by atoms with Crippen molar-refractivity contribution in [2.45, 2.75) is 13.1 Å². The number of hydrogen-bond acceptors (Lipinski definition) is 5. The number of fused-ring (bicyclic) bond motifs is 1. The Bertz CT molecular complexity index is 859. The summed E-state index contributed by atoms with van der Waals surface area (Å²) in [5.74, 6) is 0.423. The minimum absolute atomic E-state index is 0.187. The maximum absolute atomic E-state index is 12.4. The number of anilines is 1. The average molecular weight is 336 g/mol. The molecule has 0 aliphatic carbocycles. The second-order valence-corrected chi connectivity index (χ2v) is 7.20. The molecule has 0 radical (unpaired) electrons. The number of aromatic amines is 1. The van der Waals surface area contributed by atoms with Gasteiger partial charge in [0.2, 0.25) is 10.0 Å². The lowest BCUT2D eigenvalue weighted by molar-refractivity contribution is 0.102. The summed E-state index contributed by atoms with van der Waals surface area (Å²) in [6.45, 7) is 0.415. The summed E-state index contributed by atoms with van der Waals surface area (Å²) in [5, 5.41) is 9.53. The Morgan fingerprint density at radius 1 is 1.35 bits per heavy atom. The van der Waals surface area contributed by atoms with Gasteiger partial charge in [0.05, 0.1) is 31.2 Å². The van der Waals surface area contributed by atoms with Crippen molar-refractivity contribution < 1.29 is 17.9 Å². The van der Waals surface area contributed by atoms with Gasteiger partial charge >= 0.3 is 0 Å². The van der Waals surface area contributed by atoms with E-state index in [9.17, 15) is 13.2 Å². The first kappa shape index (κ1) is 15.5. The van der Waals surface area contributed by atoms with E-state index in [1.165, 1.54) is 11.4 Å². The topological polar surface area (TPSA) is 104 Å². The van der Waals surface area contributed by atoms with Crippen LogP contribution in [0.2, 0.25) is 0 Å². The molecule has 0 spiro atoms. The summed E-state index contributed by atoms with van der Waals surface area (Å²) in [6.07, 6.45) is 1.15. The SMILES string of the molecule is COc1ccccc1C(=O)Nc1n[nH]c2c1CN(S(C)(=O)=O)C2. The number of nitrogens with one attached hydrogen (secondary N) is 2. The van der Waals surface area contributed by atoms with E-state index in [0.29, 0.717) is 28.4 Å². The van der Waals surface area contributed by atoms with Gasteiger partial charge in [0.25, 0.3) is 5.91 Å². The first-order valence-electron chi connectivity index (χ1n) is 6.85. The van der Waals surface area contributed by atoms with Crippen molar-refractivity contribution in [1.82, 2.24) is 14.5 Å². The van der Waals surface area contributed by atoms with Gasteiger partial charge in [-0.2, -0.15) is 9.40 Å². The second-order valence-electron chi connectivity index (χ2n) is 5.21. The van der Waals surface area contributed by atoms with Crippen molar-refractivity contribution in [2.75, 3.05) is 18.7 Å². The highest BCUT2D eigenvalue weighted by Gasteiger charge is 2.31. The average Bonchev–Trinajstić information content (AvgIpc) is 3.09. The monoisotopic (exact) mass is 336 g/mol. The highest BCUT2D eigenvalue weighted by atomic mass is 32.2. The van der Waals surface area contributed by atoms with E-state index < -0.39 is 10.0 Å².